The lowest BCUT2D eigenvalue weighted by Crippen LogP contribution is -2.50. The van der Waals surface area contributed by atoms with Crippen molar-refractivity contribution in [2.24, 2.45) is 0 Å². The number of ether oxygens (including phenoxy) is 2. The summed E-state index contributed by atoms with van der Waals surface area (Å²) in [5, 5.41) is 9.27. The molecule has 1 aliphatic rings. The van der Waals surface area contributed by atoms with Gasteiger partial charge in [-0.05, 0) is 31.5 Å². The summed E-state index contributed by atoms with van der Waals surface area (Å²) in [6.45, 7) is 4.56. The Kier molecular flexibility index (Phi) is 5.85. The number of hydrogen-bond donors (Lipinski definition) is 1. The van der Waals surface area contributed by atoms with Crippen LogP contribution < -0.4 is 4.74 Å². The maximum atomic E-state index is 12.5. The van der Waals surface area contributed by atoms with Gasteiger partial charge in [0.1, 0.15) is 5.75 Å². The number of aliphatic carboxylic acids is 1. The van der Waals surface area contributed by atoms with Crippen LogP contribution in [0.1, 0.15) is 18.9 Å². The van der Waals surface area contributed by atoms with Gasteiger partial charge in [0.25, 0.3) is 5.91 Å². The van der Waals surface area contributed by atoms with E-state index in [2.05, 4.69) is 0 Å². The van der Waals surface area contributed by atoms with E-state index in [1.54, 1.807) is 24.0 Å². The second-order valence-corrected chi connectivity index (χ2v) is 5.98. The Labute approximate surface area is 139 Å². The van der Waals surface area contributed by atoms with Gasteiger partial charge < -0.3 is 19.5 Å². The highest BCUT2D eigenvalue weighted by atomic mass is 35.5. The number of aryl methyl sites for hydroxylation is 1. The quantitative estimate of drug-likeness (QED) is 0.887. The molecule has 0 spiro atoms. The summed E-state index contributed by atoms with van der Waals surface area (Å²) in [4.78, 5) is 24.8. The van der Waals surface area contributed by atoms with Crippen molar-refractivity contribution >= 4 is 23.5 Å². The van der Waals surface area contributed by atoms with E-state index in [0.29, 0.717) is 23.9 Å². The molecule has 1 fully saturated rings. The maximum Gasteiger partial charge on any atom is 0.306 e. The normalized spacial score (nSPS) is 19.3. The van der Waals surface area contributed by atoms with Crippen LogP contribution in [0, 0.1) is 6.92 Å². The van der Waals surface area contributed by atoms with Crippen molar-refractivity contribution in [2.45, 2.75) is 32.5 Å². The van der Waals surface area contributed by atoms with E-state index in [0.717, 1.165) is 5.56 Å². The summed E-state index contributed by atoms with van der Waals surface area (Å²) in [6.07, 6.45) is -1.32. The fourth-order valence-electron chi connectivity index (χ4n) is 2.44. The minimum absolute atomic E-state index is 0.122. The smallest absolute Gasteiger partial charge is 0.306 e. The van der Waals surface area contributed by atoms with E-state index in [4.69, 9.17) is 26.2 Å². The van der Waals surface area contributed by atoms with Crippen LogP contribution in [0.15, 0.2) is 18.2 Å². The lowest BCUT2D eigenvalue weighted by atomic mass is 10.2. The minimum Gasteiger partial charge on any atom is -0.481 e. The highest BCUT2D eigenvalue weighted by molar-refractivity contribution is 6.32. The topological polar surface area (TPSA) is 76.1 Å². The molecule has 0 unspecified atom stereocenters. The van der Waals surface area contributed by atoms with Gasteiger partial charge in [-0.25, -0.2) is 0 Å². The van der Waals surface area contributed by atoms with Crippen LogP contribution in [0.25, 0.3) is 0 Å². The molecule has 1 heterocycles. The van der Waals surface area contributed by atoms with Gasteiger partial charge in [-0.2, -0.15) is 0 Å². The Balaban J connectivity index is 1.98. The number of hydrogen-bond acceptors (Lipinski definition) is 4. The van der Waals surface area contributed by atoms with E-state index in [1.807, 2.05) is 13.0 Å². The van der Waals surface area contributed by atoms with Crippen LogP contribution >= 0.6 is 11.6 Å². The molecule has 0 bridgehead atoms. The largest absolute Gasteiger partial charge is 0.481 e. The fourth-order valence-corrected chi connectivity index (χ4v) is 2.60. The molecule has 1 aliphatic heterocycles. The van der Waals surface area contributed by atoms with Crippen molar-refractivity contribution in [2.75, 3.05) is 19.7 Å². The molecule has 1 aromatic rings. The molecule has 7 heteroatoms. The molecular formula is C16H20ClNO5. The number of benzene rings is 1. The molecule has 1 N–H and O–H groups in total. The molecule has 2 rings (SSSR count). The molecular weight excluding hydrogens is 322 g/mol. The first kappa shape index (κ1) is 17.6. The highest BCUT2D eigenvalue weighted by Crippen LogP contribution is 2.26. The predicted octanol–water partition coefficient (Wildman–Crippen LogP) is 2.12. The van der Waals surface area contributed by atoms with Crippen molar-refractivity contribution in [3.8, 4) is 5.75 Å². The summed E-state index contributed by atoms with van der Waals surface area (Å²) < 4.78 is 11.0. The third-order valence-electron chi connectivity index (χ3n) is 3.59. The number of halogens is 1. The highest BCUT2D eigenvalue weighted by Gasteiger charge is 2.29. The molecule has 1 amide bonds. The summed E-state index contributed by atoms with van der Waals surface area (Å²) in [5.74, 6) is -0.690. The number of rotatable bonds is 5. The third-order valence-corrected chi connectivity index (χ3v) is 3.90. The maximum absolute atomic E-state index is 12.5. The lowest BCUT2D eigenvalue weighted by Gasteiger charge is -2.33. The number of nitrogens with zero attached hydrogens (tertiary/aromatic N) is 1. The third kappa shape index (κ3) is 4.84. The van der Waals surface area contributed by atoms with E-state index < -0.39 is 18.2 Å². The van der Waals surface area contributed by atoms with E-state index >= 15 is 0 Å². The number of carbonyl (C=O) groups excluding carboxylic acids is 1. The molecule has 0 aliphatic carbocycles. The number of amides is 1. The Morgan fingerprint density at radius 3 is 2.96 bits per heavy atom. The monoisotopic (exact) mass is 341 g/mol. The van der Waals surface area contributed by atoms with Crippen LogP contribution in [0.2, 0.25) is 5.02 Å². The minimum atomic E-state index is -0.944. The van der Waals surface area contributed by atoms with Crippen LogP contribution in [0.3, 0.4) is 0 Å². The zero-order chi connectivity index (χ0) is 17.0. The van der Waals surface area contributed by atoms with Gasteiger partial charge in [0.05, 0.1) is 24.2 Å². The Bertz CT molecular complexity index is 592. The molecule has 1 aromatic carbocycles. The van der Waals surface area contributed by atoms with Gasteiger partial charge in [-0.1, -0.05) is 17.7 Å². The van der Waals surface area contributed by atoms with E-state index in [9.17, 15) is 9.59 Å². The Morgan fingerprint density at radius 1 is 1.52 bits per heavy atom. The Morgan fingerprint density at radius 2 is 2.26 bits per heavy atom. The SMILES string of the molecule is Cc1ccc(Cl)c(O[C@@H](C)C(=O)N2CCO[C@@H](CC(=O)O)C2)c1. The van der Waals surface area contributed by atoms with Crippen molar-refractivity contribution in [1.82, 2.24) is 4.90 Å². The summed E-state index contributed by atoms with van der Waals surface area (Å²) >= 11 is 6.08. The number of carboxylic acids is 1. The molecule has 1 saturated heterocycles. The first-order valence-corrected chi connectivity index (χ1v) is 7.79. The van der Waals surface area contributed by atoms with Gasteiger partial charge in [-0.15, -0.1) is 0 Å². The van der Waals surface area contributed by atoms with Gasteiger partial charge in [0, 0.05) is 13.1 Å². The van der Waals surface area contributed by atoms with Crippen molar-refractivity contribution in [3.05, 3.63) is 28.8 Å². The van der Waals surface area contributed by atoms with Crippen LogP contribution in [-0.4, -0.2) is 53.8 Å². The van der Waals surface area contributed by atoms with E-state index in [1.165, 1.54) is 0 Å². The molecule has 126 valence electrons. The Hall–Kier alpha value is -1.79. The van der Waals surface area contributed by atoms with Crippen LogP contribution in [-0.2, 0) is 14.3 Å². The second-order valence-electron chi connectivity index (χ2n) is 5.57. The van der Waals surface area contributed by atoms with Crippen molar-refractivity contribution in [3.63, 3.8) is 0 Å². The van der Waals surface area contributed by atoms with Crippen molar-refractivity contribution < 1.29 is 24.2 Å². The fraction of sp³-hybridized carbons (Fsp3) is 0.500. The summed E-state index contributed by atoms with van der Waals surface area (Å²) in [5.41, 5.74) is 0.983. The van der Waals surface area contributed by atoms with Gasteiger partial charge in [-0.3, -0.25) is 9.59 Å². The number of morpholine rings is 1. The van der Waals surface area contributed by atoms with Gasteiger partial charge in [0.2, 0.25) is 0 Å². The molecule has 0 saturated carbocycles. The first-order chi connectivity index (χ1) is 10.9. The average molecular weight is 342 g/mol. The van der Waals surface area contributed by atoms with Gasteiger partial charge in [0.15, 0.2) is 6.10 Å². The molecule has 0 aromatic heterocycles. The lowest BCUT2D eigenvalue weighted by molar-refractivity contribution is -0.151. The second kappa shape index (κ2) is 7.66. The van der Waals surface area contributed by atoms with E-state index in [-0.39, 0.29) is 18.9 Å². The molecule has 6 nitrogen and oxygen atoms in total. The standard InChI is InChI=1S/C16H20ClNO5/c1-10-3-4-13(17)14(7-10)23-11(2)16(21)18-5-6-22-12(9-18)8-15(19)20/h3-4,7,11-12H,5-6,8-9H2,1-2H3,(H,19,20)/t11-,12-/m0/s1. The van der Waals surface area contributed by atoms with Crippen LogP contribution in [0.4, 0.5) is 0 Å². The summed E-state index contributed by atoms with van der Waals surface area (Å²) in [7, 11) is 0. The first-order valence-electron chi connectivity index (χ1n) is 7.42. The zero-order valence-corrected chi connectivity index (χ0v) is 13.9. The molecule has 2 atom stereocenters. The number of carboxylic acid groups (broad SMARTS) is 1. The van der Waals surface area contributed by atoms with Gasteiger partial charge >= 0.3 is 5.97 Å². The van der Waals surface area contributed by atoms with Crippen LogP contribution in [0.5, 0.6) is 5.75 Å². The zero-order valence-electron chi connectivity index (χ0n) is 13.1. The predicted molar refractivity (Wildman–Crippen MR) is 84.9 cm³/mol. The summed E-state index contributed by atoms with van der Waals surface area (Å²) in [6, 6.07) is 5.36. The van der Waals surface area contributed by atoms with Crippen molar-refractivity contribution in [1.29, 1.82) is 0 Å². The molecule has 0 radical (unpaired) electrons. The number of carbonyl (C=O) groups is 2. The average Bonchev–Trinajstić information content (AvgIpc) is 2.49. The molecule has 23 heavy (non-hydrogen) atoms.